The first-order chi connectivity index (χ1) is 26.8. The van der Waals surface area contributed by atoms with Gasteiger partial charge in [0.05, 0.1) is 6.61 Å². The molecule has 0 aliphatic rings. The zero-order chi connectivity index (χ0) is 40.3. The molecule has 0 aliphatic carbocycles. The predicted molar refractivity (Wildman–Crippen MR) is 230 cm³/mol. The summed E-state index contributed by atoms with van der Waals surface area (Å²) in [4.78, 5) is 42.9. The minimum Gasteiger partial charge on any atom is -0.462 e. The number of phosphoric acid groups is 1. The van der Waals surface area contributed by atoms with Crippen molar-refractivity contribution in [2.75, 3.05) is 13.2 Å². The first kappa shape index (κ1) is 52.8. The molecule has 0 saturated carbocycles. The molecule has 0 spiro atoms. The summed E-state index contributed by atoms with van der Waals surface area (Å²) in [5.74, 6) is -0.949. The topological polar surface area (TPSA) is 119 Å². The summed E-state index contributed by atoms with van der Waals surface area (Å²) in [5.41, 5.74) is 0. The summed E-state index contributed by atoms with van der Waals surface area (Å²) in [6, 6.07) is 0. The van der Waals surface area contributed by atoms with Crippen molar-refractivity contribution in [3.63, 3.8) is 0 Å². The number of carbonyl (C=O) groups excluding carboxylic acids is 2. The number of unbranched alkanes of at least 4 members (excludes halogenated alkanes) is 20. The molecule has 318 valence electrons. The third kappa shape index (κ3) is 44.3. The van der Waals surface area contributed by atoms with E-state index in [2.05, 4.69) is 73.1 Å². The molecule has 0 rings (SSSR count). The van der Waals surface area contributed by atoms with E-state index in [1.807, 2.05) is 6.08 Å². The second kappa shape index (κ2) is 41.4. The summed E-state index contributed by atoms with van der Waals surface area (Å²) in [6.45, 7) is 3.54. The fraction of sp³-hybridized carbons (Fsp3) is 0.739. The Hall–Kier alpha value is -2.25. The molecule has 0 bridgehead atoms. The van der Waals surface area contributed by atoms with Gasteiger partial charge in [-0.25, -0.2) is 4.57 Å². The van der Waals surface area contributed by atoms with Gasteiger partial charge in [-0.3, -0.25) is 14.1 Å². The zero-order valence-corrected chi connectivity index (χ0v) is 36.0. The van der Waals surface area contributed by atoms with Crippen molar-refractivity contribution >= 4 is 19.8 Å². The van der Waals surface area contributed by atoms with E-state index < -0.39 is 32.5 Å². The molecule has 0 fully saturated rings. The molecule has 0 radical (unpaired) electrons. The first-order valence-electron chi connectivity index (χ1n) is 22.1. The van der Waals surface area contributed by atoms with Gasteiger partial charge in [0.25, 0.3) is 0 Å². The molecular formula is C46H81O8P. The Labute approximate surface area is 337 Å². The Kier molecular flexibility index (Phi) is 39.7. The monoisotopic (exact) mass is 793 g/mol. The van der Waals surface area contributed by atoms with E-state index in [-0.39, 0.29) is 19.4 Å². The van der Waals surface area contributed by atoms with Gasteiger partial charge in [-0.05, 0) is 51.4 Å². The summed E-state index contributed by atoms with van der Waals surface area (Å²) >= 11 is 0. The molecule has 0 aromatic carbocycles. The van der Waals surface area contributed by atoms with Gasteiger partial charge in [0.15, 0.2) is 6.10 Å². The minimum atomic E-state index is -4.77. The lowest BCUT2D eigenvalue weighted by Crippen LogP contribution is -2.29. The quantitative estimate of drug-likeness (QED) is 0.0272. The van der Waals surface area contributed by atoms with E-state index in [9.17, 15) is 14.2 Å². The van der Waals surface area contributed by atoms with Crippen LogP contribution >= 0.6 is 7.82 Å². The van der Waals surface area contributed by atoms with Crippen LogP contribution in [-0.4, -0.2) is 41.0 Å². The number of esters is 2. The highest BCUT2D eigenvalue weighted by Gasteiger charge is 2.22. The van der Waals surface area contributed by atoms with Crippen molar-refractivity contribution in [1.82, 2.24) is 0 Å². The first-order valence-corrected chi connectivity index (χ1v) is 23.6. The van der Waals surface area contributed by atoms with Crippen LogP contribution in [0.3, 0.4) is 0 Å². The molecule has 0 aliphatic heterocycles. The molecule has 2 N–H and O–H groups in total. The average molecular weight is 793 g/mol. The van der Waals surface area contributed by atoms with Crippen LogP contribution in [0.25, 0.3) is 0 Å². The smallest absolute Gasteiger partial charge is 0.462 e. The van der Waals surface area contributed by atoms with Gasteiger partial charge in [-0.2, -0.15) is 0 Å². The zero-order valence-electron chi connectivity index (χ0n) is 35.1. The Balaban J connectivity index is 3.95. The highest BCUT2D eigenvalue weighted by molar-refractivity contribution is 7.46. The maximum atomic E-state index is 12.4. The molecule has 8 nitrogen and oxygen atoms in total. The number of carbonyl (C=O) groups is 2. The third-order valence-electron chi connectivity index (χ3n) is 9.30. The Morgan fingerprint density at radius 3 is 1.29 bits per heavy atom. The molecule has 55 heavy (non-hydrogen) atoms. The van der Waals surface area contributed by atoms with Crippen LogP contribution in [0.15, 0.2) is 60.8 Å². The number of phosphoric ester groups is 1. The van der Waals surface area contributed by atoms with E-state index in [1.54, 1.807) is 0 Å². The van der Waals surface area contributed by atoms with Gasteiger partial charge in [-0.1, -0.05) is 197 Å². The second-order valence-corrected chi connectivity index (χ2v) is 15.9. The molecular weight excluding hydrogens is 711 g/mol. The summed E-state index contributed by atoms with van der Waals surface area (Å²) in [5, 5.41) is 0. The van der Waals surface area contributed by atoms with Crippen LogP contribution in [0.5, 0.6) is 0 Å². The Bertz CT molecular complexity index is 1070. The number of ether oxygens (including phenoxy) is 2. The van der Waals surface area contributed by atoms with Crippen molar-refractivity contribution < 1.29 is 37.9 Å². The van der Waals surface area contributed by atoms with Crippen molar-refractivity contribution in [2.24, 2.45) is 0 Å². The summed E-state index contributed by atoms with van der Waals surface area (Å²) in [6.07, 6.45) is 52.4. The Morgan fingerprint density at radius 1 is 0.491 bits per heavy atom. The van der Waals surface area contributed by atoms with Gasteiger partial charge in [0.1, 0.15) is 6.61 Å². The molecule has 0 aromatic rings. The van der Waals surface area contributed by atoms with Crippen LogP contribution in [-0.2, 0) is 28.2 Å². The van der Waals surface area contributed by atoms with E-state index in [4.69, 9.17) is 19.3 Å². The van der Waals surface area contributed by atoms with Gasteiger partial charge in [-0.15, -0.1) is 0 Å². The molecule has 0 saturated heterocycles. The van der Waals surface area contributed by atoms with Gasteiger partial charge >= 0.3 is 19.8 Å². The van der Waals surface area contributed by atoms with E-state index in [0.29, 0.717) is 12.8 Å². The van der Waals surface area contributed by atoms with Crippen LogP contribution in [0.4, 0.5) is 0 Å². The van der Waals surface area contributed by atoms with Gasteiger partial charge < -0.3 is 19.3 Å². The number of hydrogen-bond donors (Lipinski definition) is 2. The molecule has 0 amide bonds. The number of hydrogen-bond acceptors (Lipinski definition) is 6. The molecule has 1 atom stereocenters. The fourth-order valence-electron chi connectivity index (χ4n) is 6.06. The number of allylic oxidation sites excluding steroid dienone is 10. The van der Waals surface area contributed by atoms with Gasteiger partial charge in [0, 0.05) is 12.8 Å². The highest BCUT2D eigenvalue weighted by atomic mass is 31.2. The fourth-order valence-corrected chi connectivity index (χ4v) is 6.42. The van der Waals surface area contributed by atoms with Crippen LogP contribution in [0.1, 0.15) is 200 Å². The van der Waals surface area contributed by atoms with Crippen molar-refractivity contribution in [2.45, 2.75) is 206 Å². The summed E-state index contributed by atoms with van der Waals surface area (Å²) < 4.78 is 26.4. The van der Waals surface area contributed by atoms with E-state index in [1.165, 1.54) is 103 Å². The lowest BCUT2D eigenvalue weighted by Gasteiger charge is -2.18. The van der Waals surface area contributed by atoms with Crippen molar-refractivity contribution in [3.8, 4) is 0 Å². The SMILES string of the molecule is CC/C=C/C/C=C/C/C=C/C/C=C/C/C=C/CCCC(=O)OC[C@H](COP(=O)(O)O)OC(=O)CCCCCCCCCCCCCCCCCCCCCC. The van der Waals surface area contributed by atoms with Crippen LogP contribution in [0, 0.1) is 0 Å². The minimum absolute atomic E-state index is 0.188. The lowest BCUT2D eigenvalue weighted by molar-refractivity contribution is -0.161. The third-order valence-corrected chi connectivity index (χ3v) is 9.79. The largest absolute Gasteiger partial charge is 0.469 e. The second-order valence-electron chi connectivity index (χ2n) is 14.6. The van der Waals surface area contributed by atoms with E-state index in [0.717, 1.165) is 57.8 Å². The summed E-state index contributed by atoms with van der Waals surface area (Å²) in [7, 11) is -4.77. The maximum absolute atomic E-state index is 12.4. The number of rotatable bonds is 40. The van der Waals surface area contributed by atoms with Crippen molar-refractivity contribution in [3.05, 3.63) is 60.8 Å². The maximum Gasteiger partial charge on any atom is 0.469 e. The highest BCUT2D eigenvalue weighted by Crippen LogP contribution is 2.36. The standard InChI is InChI=1S/C46H81O8P/c1-3-5-7-9-11-13-15-17-19-21-22-23-25-27-29-31-33-35-37-39-41-46(48)54-44(43-53-55(49,50)51)42-52-45(47)40-38-36-34-32-30-28-26-24-20-18-16-14-12-10-8-6-4-2/h6,8,12,14,18,20,26,28,32,34,44H,3-5,7,9-11,13,15-17,19,21-25,27,29-31,33,35-43H2,1-2H3,(H2,49,50,51)/b8-6+,14-12+,20-18+,28-26+,34-32+/t44-/m1/s1. The molecule has 0 aromatic heterocycles. The molecule has 0 heterocycles. The lowest BCUT2D eigenvalue weighted by atomic mass is 10.0. The molecule has 0 unspecified atom stereocenters. The van der Waals surface area contributed by atoms with Crippen LogP contribution in [0.2, 0.25) is 0 Å². The van der Waals surface area contributed by atoms with Crippen molar-refractivity contribution in [1.29, 1.82) is 0 Å². The van der Waals surface area contributed by atoms with Crippen LogP contribution < -0.4 is 0 Å². The normalized spacial score (nSPS) is 13.0. The Morgan fingerprint density at radius 2 is 0.873 bits per heavy atom. The van der Waals surface area contributed by atoms with E-state index >= 15 is 0 Å². The average Bonchev–Trinajstić information content (AvgIpc) is 3.16. The van der Waals surface area contributed by atoms with Gasteiger partial charge in [0.2, 0.25) is 0 Å². The molecule has 9 heteroatoms. The predicted octanol–water partition coefficient (Wildman–Crippen LogP) is 13.7.